The Hall–Kier alpha value is -1.68. The van der Waals surface area contributed by atoms with Crippen molar-refractivity contribution >= 4 is 11.8 Å². The van der Waals surface area contributed by atoms with E-state index in [-0.39, 0.29) is 12.4 Å². The van der Waals surface area contributed by atoms with Gasteiger partial charge in [0.15, 0.2) is 6.10 Å². The molecule has 2 atom stereocenters. The smallest absolute Gasteiger partial charge is 0.343 e. The number of carbonyl (C=O) groups excluding carboxylic acids is 2. The van der Waals surface area contributed by atoms with E-state index in [2.05, 4.69) is 0 Å². The molecule has 0 aliphatic carbocycles. The average Bonchev–Trinajstić information content (AvgIpc) is 2.53. The number of ether oxygens (including phenoxy) is 2. The number of esters is 1. The summed E-state index contributed by atoms with van der Waals surface area (Å²) in [6.07, 6.45) is -1.75. The fourth-order valence-electron chi connectivity index (χ4n) is 1.53. The first kappa shape index (κ1) is 10.8. The van der Waals surface area contributed by atoms with Crippen molar-refractivity contribution in [3.8, 4) is 0 Å². The minimum Gasteiger partial charge on any atom is -0.452 e. The van der Waals surface area contributed by atoms with Crippen LogP contribution in [0.5, 0.6) is 0 Å². The summed E-state index contributed by atoms with van der Waals surface area (Å²) in [5.41, 5.74) is 0.919. The van der Waals surface area contributed by atoms with Gasteiger partial charge in [-0.1, -0.05) is 30.3 Å². The van der Waals surface area contributed by atoms with Crippen molar-refractivity contribution in [2.45, 2.75) is 25.7 Å². The maximum Gasteiger partial charge on any atom is 0.343 e. The summed E-state index contributed by atoms with van der Waals surface area (Å²) >= 11 is 0. The lowest BCUT2D eigenvalue weighted by atomic mass is 10.2. The lowest BCUT2D eigenvalue weighted by molar-refractivity contribution is -0.150. The van der Waals surface area contributed by atoms with Crippen LogP contribution >= 0.6 is 0 Å². The van der Waals surface area contributed by atoms with Gasteiger partial charge < -0.3 is 9.47 Å². The molecule has 0 aromatic heterocycles. The molecular formula is C12H12O4. The van der Waals surface area contributed by atoms with E-state index in [0.717, 1.165) is 5.56 Å². The largest absolute Gasteiger partial charge is 0.452 e. The molecule has 0 saturated carbocycles. The van der Waals surface area contributed by atoms with Crippen molar-refractivity contribution < 1.29 is 19.1 Å². The van der Waals surface area contributed by atoms with Crippen LogP contribution in [-0.4, -0.2) is 24.0 Å². The quantitative estimate of drug-likeness (QED) is 0.565. The first-order valence-corrected chi connectivity index (χ1v) is 5.08. The molecule has 1 fully saturated rings. The number of hydrogen-bond acceptors (Lipinski definition) is 4. The molecule has 84 valence electrons. The summed E-state index contributed by atoms with van der Waals surface area (Å²) in [7, 11) is 0. The second kappa shape index (κ2) is 4.45. The molecule has 1 aliphatic rings. The van der Waals surface area contributed by atoms with Gasteiger partial charge in [-0.3, -0.25) is 4.79 Å². The summed E-state index contributed by atoms with van der Waals surface area (Å²) in [5, 5.41) is 0. The number of benzene rings is 1. The van der Waals surface area contributed by atoms with E-state index in [1.54, 1.807) is 6.92 Å². The van der Waals surface area contributed by atoms with Gasteiger partial charge >= 0.3 is 5.97 Å². The third-order valence-corrected chi connectivity index (χ3v) is 2.43. The molecule has 1 saturated heterocycles. The molecule has 1 aliphatic heterocycles. The first-order valence-electron chi connectivity index (χ1n) is 5.08. The third-order valence-electron chi connectivity index (χ3n) is 2.43. The topological polar surface area (TPSA) is 52.6 Å². The van der Waals surface area contributed by atoms with Gasteiger partial charge in [-0.25, -0.2) is 4.79 Å². The fourth-order valence-corrected chi connectivity index (χ4v) is 1.53. The minimum atomic E-state index is -1.06. The summed E-state index contributed by atoms with van der Waals surface area (Å²) in [6.45, 7) is 1.78. The van der Waals surface area contributed by atoms with Gasteiger partial charge in [-0.15, -0.1) is 0 Å². The standard InChI is InChI=1S/C12H12O4/c1-8-10(13)11(12(14)16-8)15-7-9-5-3-2-4-6-9/h2-6,8,11H,7H2,1H3. The van der Waals surface area contributed by atoms with Gasteiger partial charge in [0.2, 0.25) is 11.9 Å². The van der Waals surface area contributed by atoms with Gasteiger partial charge in [0, 0.05) is 0 Å². The second-order valence-electron chi connectivity index (χ2n) is 3.66. The van der Waals surface area contributed by atoms with E-state index < -0.39 is 18.2 Å². The van der Waals surface area contributed by atoms with Crippen LogP contribution < -0.4 is 0 Å². The van der Waals surface area contributed by atoms with Crippen molar-refractivity contribution in [3.63, 3.8) is 0 Å². The molecule has 2 unspecified atom stereocenters. The Morgan fingerprint density at radius 3 is 2.50 bits per heavy atom. The Labute approximate surface area is 93.2 Å². The van der Waals surface area contributed by atoms with Crippen LogP contribution in [0.2, 0.25) is 0 Å². The van der Waals surface area contributed by atoms with Crippen LogP contribution in [0, 0.1) is 0 Å². The molecule has 0 N–H and O–H groups in total. The van der Waals surface area contributed by atoms with Crippen molar-refractivity contribution in [1.29, 1.82) is 0 Å². The molecule has 4 nitrogen and oxygen atoms in total. The second-order valence-corrected chi connectivity index (χ2v) is 3.66. The number of cyclic esters (lactones) is 1. The van der Waals surface area contributed by atoms with E-state index in [0.29, 0.717) is 0 Å². The highest BCUT2D eigenvalue weighted by atomic mass is 16.6. The maximum absolute atomic E-state index is 11.5. The Morgan fingerprint density at radius 2 is 1.94 bits per heavy atom. The number of ketones is 1. The van der Waals surface area contributed by atoms with Gasteiger partial charge in [0.25, 0.3) is 0 Å². The van der Waals surface area contributed by atoms with E-state index in [1.807, 2.05) is 30.3 Å². The Bertz CT molecular complexity index is 399. The lowest BCUT2D eigenvalue weighted by Crippen LogP contribution is -2.27. The molecule has 1 heterocycles. The summed E-state index contributed by atoms with van der Waals surface area (Å²) in [4.78, 5) is 22.7. The normalized spacial score (nSPS) is 24.6. The van der Waals surface area contributed by atoms with Crippen LogP contribution in [0.1, 0.15) is 12.5 Å². The Kier molecular flexibility index (Phi) is 3.01. The molecule has 0 amide bonds. The maximum atomic E-state index is 11.5. The number of Topliss-reactive ketones (excluding diaryl/α,β-unsaturated/α-hetero) is 1. The van der Waals surface area contributed by atoms with E-state index in [4.69, 9.17) is 9.47 Å². The molecule has 16 heavy (non-hydrogen) atoms. The highest BCUT2D eigenvalue weighted by Gasteiger charge is 2.41. The van der Waals surface area contributed by atoms with E-state index in [9.17, 15) is 9.59 Å². The Morgan fingerprint density at radius 1 is 1.25 bits per heavy atom. The van der Waals surface area contributed by atoms with Gasteiger partial charge in [-0.2, -0.15) is 0 Å². The molecule has 2 rings (SSSR count). The third kappa shape index (κ3) is 2.12. The molecule has 1 aromatic rings. The number of rotatable bonds is 3. The highest BCUT2D eigenvalue weighted by molar-refractivity contribution is 6.09. The van der Waals surface area contributed by atoms with Crippen molar-refractivity contribution in [2.24, 2.45) is 0 Å². The lowest BCUT2D eigenvalue weighted by Gasteiger charge is -2.06. The van der Waals surface area contributed by atoms with Crippen molar-refractivity contribution in [3.05, 3.63) is 35.9 Å². The number of hydrogen-bond donors (Lipinski definition) is 0. The van der Waals surface area contributed by atoms with E-state index in [1.165, 1.54) is 0 Å². The predicted octanol–water partition coefficient (Wildman–Crippen LogP) is 1.09. The zero-order valence-corrected chi connectivity index (χ0v) is 8.88. The summed E-state index contributed by atoms with van der Waals surface area (Å²) in [6, 6.07) is 9.37. The number of carbonyl (C=O) groups is 2. The molecule has 1 aromatic carbocycles. The fraction of sp³-hybridized carbons (Fsp3) is 0.333. The first-order chi connectivity index (χ1) is 7.68. The zero-order valence-electron chi connectivity index (χ0n) is 8.88. The van der Waals surface area contributed by atoms with Crippen LogP contribution in [0.4, 0.5) is 0 Å². The predicted molar refractivity (Wildman–Crippen MR) is 55.6 cm³/mol. The minimum absolute atomic E-state index is 0.235. The SMILES string of the molecule is CC1OC(=O)C(OCc2ccccc2)C1=O. The van der Waals surface area contributed by atoms with Crippen molar-refractivity contribution in [2.75, 3.05) is 0 Å². The van der Waals surface area contributed by atoms with Gasteiger partial charge in [-0.05, 0) is 12.5 Å². The molecule has 4 heteroatoms. The summed E-state index contributed by atoms with van der Waals surface area (Å²) < 4.78 is 10.0. The van der Waals surface area contributed by atoms with Gasteiger partial charge in [0.05, 0.1) is 6.61 Å². The van der Waals surface area contributed by atoms with Crippen LogP contribution in [-0.2, 0) is 25.7 Å². The average molecular weight is 220 g/mol. The highest BCUT2D eigenvalue weighted by Crippen LogP contribution is 2.15. The molecule has 0 radical (unpaired) electrons. The van der Waals surface area contributed by atoms with Crippen LogP contribution in [0.3, 0.4) is 0 Å². The van der Waals surface area contributed by atoms with E-state index >= 15 is 0 Å². The molecular weight excluding hydrogens is 208 g/mol. The van der Waals surface area contributed by atoms with Gasteiger partial charge in [0.1, 0.15) is 0 Å². The molecule has 0 spiro atoms. The van der Waals surface area contributed by atoms with Crippen molar-refractivity contribution in [1.82, 2.24) is 0 Å². The zero-order chi connectivity index (χ0) is 11.5. The Balaban J connectivity index is 1.96. The van der Waals surface area contributed by atoms with Crippen LogP contribution in [0.15, 0.2) is 30.3 Å². The van der Waals surface area contributed by atoms with Crippen LogP contribution in [0.25, 0.3) is 0 Å². The summed E-state index contributed by atoms with van der Waals surface area (Å²) in [5.74, 6) is -0.894. The molecule has 0 bridgehead atoms. The monoisotopic (exact) mass is 220 g/mol.